The van der Waals surface area contributed by atoms with Gasteiger partial charge in [0, 0.05) is 11.6 Å². The fourth-order valence-electron chi connectivity index (χ4n) is 2.05. The van der Waals surface area contributed by atoms with Gasteiger partial charge >= 0.3 is 0 Å². The van der Waals surface area contributed by atoms with Crippen molar-refractivity contribution in [3.63, 3.8) is 0 Å². The summed E-state index contributed by atoms with van der Waals surface area (Å²) in [6, 6.07) is 9.48. The number of aryl methyl sites for hydroxylation is 1. The van der Waals surface area contributed by atoms with Crippen LogP contribution in [-0.2, 0) is 0 Å². The minimum absolute atomic E-state index is 0.463. The lowest BCUT2D eigenvalue weighted by Crippen LogP contribution is -1.95. The molecule has 0 bridgehead atoms. The molecule has 0 atom stereocenters. The first kappa shape index (κ1) is 11.1. The Hall–Kier alpha value is -2.00. The van der Waals surface area contributed by atoms with Crippen molar-refractivity contribution >= 4 is 28.4 Å². The second kappa shape index (κ2) is 4.03. The second-order valence-electron chi connectivity index (χ2n) is 4.16. The van der Waals surface area contributed by atoms with Crippen LogP contribution in [0, 0.1) is 6.92 Å². The predicted octanol–water partition coefficient (Wildman–Crippen LogP) is 4.04. The standard InChI is InChI=1S/C14H11ClN2O/c1-8-5-6-17-14(16)12(8)11-7-9-3-2-4-10(15)13(9)18-11/h2-7H,1H3,(H2,16,17). The number of pyridine rings is 1. The molecular formula is C14H11ClN2O. The smallest absolute Gasteiger partial charge is 0.153 e. The summed E-state index contributed by atoms with van der Waals surface area (Å²) in [5.41, 5.74) is 8.44. The van der Waals surface area contributed by atoms with E-state index in [1.165, 1.54) is 0 Å². The molecule has 18 heavy (non-hydrogen) atoms. The van der Waals surface area contributed by atoms with Gasteiger partial charge in [0.25, 0.3) is 0 Å². The number of benzene rings is 1. The van der Waals surface area contributed by atoms with Crippen molar-refractivity contribution in [2.24, 2.45) is 0 Å². The highest BCUT2D eigenvalue weighted by Gasteiger charge is 2.13. The summed E-state index contributed by atoms with van der Waals surface area (Å²) in [6.07, 6.45) is 1.68. The van der Waals surface area contributed by atoms with Crippen LogP contribution in [0.5, 0.6) is 0 Å². The van der Waals surface area contributed by atoms with Gasteiger partial charge in [-0.1, -0.05) is 23.7 Å². The summed E-state index contributed by atoms with van der Waals surface area (Å²) in [5, 5.41) is 1.55. The van der Waals surface area contributed by atoms with Crippen LogP contribution in [0.4, 0.5) is 5.82 Å². The summed E-state index contributed by atoms with van der Waals surface area (Å²) >= 11 is 6.10. The molecule has 0 saturated heterocycles. The Morgan fingerprint density at radius 2 is 2.11 bits per heavy atom. The molecule has 0 aliphatic rings. The summed E-state index contributed by atoms with van der Waals surface area (Å²) in [4.78, 5) is 4.09. The van der Waals surface area contributed by atoms with E-state index in [4.69, 9.17) is 21.8 Å². The highest BCUT2D eigenvalue weighted by atomic mass is 35.5. The van der Waals surface area contributed by atoms with Crippen LogP contribution in [0.25, 0.3) is 22.3 Å². The van der Waals surface area contributed by atoms with E-state index >= 15 is 0 Å². The number of aromatic nitrogens is 1. The van der Waals surface area contributed by atoms with Gasteiger partial charge in [0.2, 0.25) is 0 Å². The molecule has 4 heteroatoms. The molecule has 2 N–H and O–H groups in total. The van der Waals surface area contributed by atoms with Crippen molar-refractivity contribution in [1.29, 1.82) is 0 Å². The van der Waals surface area contributed by atoms with Crippen molar-refractivity contribution in [2.45, 2.75) is 6.92 Å². The van der Waals surface area contributed by atoms with Crippen molar-refractivity contribution in [2.75, 3.05) is 5.73 Å². The molecule has 0 amide bonds. The first-order valence-electron chi connectivity index (χ1n) is 5.56. The van der Waals surface area contributed by atoms with Crippen LogP contribution < -0.4 is 5.73 Å². The monoisotopic (exact) mass is 258 g/mol. The first-order valence-corrected chi connectivity index (χ1v) is 5.94. The molecule has 3 nitrogen and oxygen atoms in total. The third kappa shape index (κ3) is 1.64. The van der Waals surface area contributed by atoms with Crippen LogP contribution in [0.3, 0.4) is 0 Å². The third-order valence-corrected chi connectivity index (χ3v) is 3.23. The second-order valence-corrected chi connectivity index (χ2v) is 4.56. The minimum Gasteiger partial charge on any atom is -0.454 e. The van der Waals surface area contributed by atoms with Gasteiger partial charge in [-0.3, -0.25) is 0 Å². The zero-order valence-corrected chi connectivity index (χ0v) is 10.5. The van der Waals surface area contributed by atoms with Crippen molar-refractivity contribution in [3.05, 3.63) is 47.1 Å². The molecule has 3 aromatic rings. The largest absolute Gasteiger partial charge is 0.454 e. The number of fused-ring (bicyclic) bond motifs is 1. The van der Waals surface area contributed by atoms with E-state index in [0.717, 1.165) is 16.5 Å². The summed E-state index contributed by atoms with van der Waals surface area (Å²) in [5.74, 6) is 1.16. The van der Waals surface area contributed by atoms with Crippen molar-refractivity contribution in [3.8, 4) is 11.3 Å². The Labute approximate surface area is 109 Å². The minimum atomic E-state index is 0.463. The molecule has 0 radical (unpaired) electrons. The molecule has 0 aliphatic carbocycles. The number of rotatable bonds is 1. The van der Waals surface area contributed by atoms with Gasteiger partial charge in [0.05, 0.1) is 10.6 Å². The number of halogens is 1. The fraction of sp³-hybridized carbons (Fsp3) is 0.0714. The number of hydrogen-bond donors (Lipinski definition) is 1. The lowest BCUT2D eigenvalue weighted by Gasteiger charge is -2.04. The van der Waals surface area contributed by atoms with E-state index < -0.39 is 0 Å². The zero-order chi connectivity index (χ0) is 12.7. The van der Waals surface area contributed by atoms with Gasteiger partial charge in [0.1, 0.15) is 11.6 Å². The lowest BCUT2D eigenvalue weighted by molar-refractivity contribution is 0.631. The van der Waals surface area contributed by atoms with E-state index in [1.807, 2.05) is 31.2 Å². The average Bonchev–Trinajstić information content (AvgIpc) is 2.74. The quantitative estimate of drug-likeness (QED) is 0.717. The Bertz CT molecular complexity index is 713. The van der Waals surface area contributed by atoms with Gasteiger partial charge in [-0.15, -0.1) is 0 Å². The predicted molar refractivity (Wildman–Crippen MR) is 73.6 cm³/mol. The molecule has 90 valence electrons. The number of nitrogen functional groups attached to an aromatic ring is 1. The van der Waals surface area contributed by atoms with Crippen LogP contribution in [0.2, 0.25) is 5.02 Å². The summed E-state index contributed by atoms with van der Waals surface area (Å²) in [7, 11) is 0. The van der Waals surface area contributed by atoms with Gasteiger partial charge in [-0.25, -0.2) is 4.98 Å². The van der Waals surface area contributed by atoms with Crippen molar-refractivity contribution in [1.82, 2.24) is 4.98 Å². The average molecular weight is 259 g/mol. The Balaban J connectivity index is 2.30. The van der Waals surface area contributed by atoms with Crippen LogP contribution >= 0.6 is 11.6 Å². The van der Waals surface area contributed by atoms with E-state index in [-0.39, 0.29) is 0 Å². The Morgan fingerprint density at radius 1 is 1.28 bits per heavy atom. The van der Waals surface area contributed by atoms with E-state index in [1.54, 1.807) is 12.3 Å². The lowest BCUT2D eigenvalue weighted by atomic mass is 10.1. The van der Waals surface area contributed by atoms with E-state index in [2.05, 4.69) is 4.98 Å². The highest BCUT2D eigenvalue weighted by Crippen LogP contribution is 2.35. The third-order valence-electron chi connectivity index (χ3n) is 2.93. The fourth-order valence-corrected chi connectivity index (χ4v) is 2.27. The number of nitrogens with zero attached hydrogens (tertiary/aromatic N) is 1. The zero-order valence-electron chi connectivity index (χ0n) is 9.77. The van der Waals surface area contributed by atoms with Gasteiger partial charge in [-0.2, -0.15) is 0 Å². The Kier molecular flexibility index (Phi) is 2.49. The van der Waals surface area contributed by atoms with Gasteiger partial charge in [0.15, 0.2) is 5.58 Å². The molecule has 0 saturated carbocycles. The maximum atomic E-state index is 6.10. The highest BCUT2D eigenvalue weighted by molar-refractivity contribution is 6.34. The maximum absolute atomic E-state index is 6.10. The van der Waals surface area contributed by atoms with E-state index in [0.29, 0.717) is 22.2 Å². The topological polar surface area (TPSA) is 52.0 Å². The molecule has 0 fully saturated rings. The number of para-hydroxylation sites is 1. The number of anilines is 1. The Morgan fingerprint density at radius 3 is 2.83 bits per heavy atom. The van der Waals surface area contributed by atoms with Gasteiger partial charge < -0.3 is 10.2 Å². The van der Waals surface area contributed by atoms with Crippen molar-refractivity contribution < 1.29 is 4.42 Å². The number of hydrogen-bond acceptors (Lipinski definition) is 3. The van der Waals surface area contributed by atoms with Crippen LogP contribution in [0.15, 0.2) is 40.9 Å². The summed E-state index contributed by atoms with van der Waals surface area (Å²) in [6.45, 7) is 1.97. The number of nitrogens with two attached hydrogens (primary N) is 1. The molecular weight excluding hydrogens is 248 g/mol. The molecule has 2 aromatic heterocycles. The molecule has 1 aromatic carbocycles. The molecule has 2 heterocycles. The normalized spacial score (nSPS) is 11.0. The number of furan rings is 1. The maximum Gasteiger partial charge on any atom is 0.153 e. The molecule has 0 unspecified atom stereocenters. The van der Waals surface area contributed by atoms with Gasteiger partial charge in [-0.05, 0) is 30.7 Å². The molecule has 0 aliphatic heterocycles. The molecule has 0 spiro atoms. The first-order chi connectivity index (χ1) is 8.66. The summed E-state index contributed by atoms with van der Waals surface area (Å²) < 4.78 is 5.79. The van der Waals surface area contributed by atoms with Crippen LogP contribution in [-0.4, -0.2) is 4.98 Å². The molecule has 3 rings (SSSR count). The van der Waals surface area contributed by atoms with Crippen LogP contribution in [0.1, 0.15) is 5.56 Å². The van der Waals surface area contributed by atoms with E-state index in [9.17, 15) is 0 Å². The SMILES string of the molecule is Cc1ccnc(N)c1-c1cc2cccc(Cl)c2o1.